The van der Waals surface area contributed by atoms with Gasteiger partial charge in [-0.15, -0.1) is 0 Å². The second kappa shape index (κ2) is 27.6. The maximum absolute atomic E-state index is 12.6. The van der Waals surface area contributed by atoms with Gasteiger partial charge in [0.15, 0.2) is 24.8 Å². The average Bonchev–Trinajstić information content (AvgIpc) is 3.24. The molecule has 0 radical (unpaired) electrons. The monoisotopic (exact) mass is 976 g/mol. The van der Waals surface area contributed by atoms with Crippen molar-refractivity contribution >= 4 is 47.9 Å². The van der Waals surface area contributed by atoms with Crippen LogP contribution in [-0.2, 0) is 105 Å². The summed E-state index contributed by atoms with van der Waals surface area (Å²) in [6.07, 6.45) is -9.15. The number of carbonyl (C=O) groups is 7. The zero-order chi connectivity index (χ0) is 51.9. The first kappa shape index (κ1) is 59.6. The van der Waals surface area contributed by atoms with Crippen molar-refractivity contribution in [2.24, 2.45) is 47.3 Å². The quantitative estimate of drug-likeness (QED) is 0.189. The number of ether oxygens (including phenoxy) is 13. The molecule has 0 aromatic carbocycles. The highest BCUT2D eigenvalue weighted by molar-refractivity contribution is 5.76. The topological polar surface area (TPSA) is 274 Å². The van der Waals surface area contributed by atoms with Crippen LogP contribution < -0.4 is 0 Å². The zero-order valence-electron chi connectivity index (χ0n) is 41.9. The van der Waals surface area contributed by atoms with Crippen molar-refractivity contribution < 1.29 is 105 Å². The van der Waals surface area contributed by atoms with Crippen molar-refractivity contribution in [2.45, 2.75) is 178 Å². The van der Waals surface area contributed by atoms with Gasteiger partial charge in [0.05, 0.1) is 31.3 Å². The molecule has 0 aliphatic carbocycles. The molecule has 4 rings (SSSR count). The molecule has 0 bridgehead atoms. The van der Waals surface area contributed by atoms with E-state index in [0.717, 1.165) is 0 Å². The lowest BCUT2D eigenvalue weighted by Crippen LogP contribution is -2.61. The molecular weight excluding hydrogens is 904 g/mol. The normalized spacial score (nSPS) is 37.6. The van der Waals surface area contributed by atoms with Gasteiger partial charge < -0.3 is 61.6 Å². The zero-order valence-corrected chi connectivity index (χ0v) is 41.9. The van der Waals surface area contributed by atoms with E-state index >= 15 is 0 Å². The first-order valence-electron chi connectivity index (χ1n) is 22.7. The fourth-order valence-corrected chi connectivity index (χ4v) is 8.48. The van der Waals surface area contributed by atoms with Crippen LogP contribution in [0.3, 0.4) is 0 Å². The molecule has 20 atom stereocenters. The Morgan fingerprint density at radius 2 is 0.809 bits per heavy atom. The molecule has 0 aromatic heterocycles. The van der Waals surface area contributed by atoms with Gasteiger partial charge in [0.1, 0.15) is 31.5 Å². The molecule has 4 aliphatic rings. The summed E-state index contributed by atoms with van der Waals surface area (Å²) in [4.78, 5) is 98.0. The molecule has 4 saturated heterocycles. The highest BCUT2D eigenvalue weighted by Crippen LogP contribution is 2.41. The molecule has 4 heterocycles. The van der Waals surface area contributed by atoms with Crippen molar-refractivity contribution in [3.63, 3.8) is 0 Å². The maximum atomic E-state index is 12.6. The average molecular weight is 977 g/mol. The fourth-order valence-electron chi connectivity index (χ4n) is 8.48. The molecule has 0 saturated carbocycles. The maximum Gasteiger partial charge on any atom is 0.373 e. The Labute approximate surface area is 397 Å². The Morgan fingerprint density at radius 3 is 1.21 bits per heavy atom. The molecule has 388 valence electrons. The molecule has 0 N–H and O–H groups in total. The lowest BCUT2D eigenvalue weighted by molar-refractivity contribution is -0.328. The molecule has 22 heteroatoms. The molecule has 0 spiro atoms. The lowest BCUT2D eigenvalue weighted by atomic mass is 9.79. The minimum atomic E-state index is -1.32. The first-order chi connectivity index (χ1) is 31.7. The number of methoxy groups -OCH3 is 1. The summed E-state index contributed by atoms with van der Waals surface area (Å²) in [7, 11) is 1.20. The lowest BCUT2D eigenvalue weighted by Gasteiger charge is -2.48. The van der Waals surface area contributed by atoms with Gasteiger partial charge in [-0.1, -0.05) is 55.4 Å². The van der Waals surface area contributed by atoms with Gasteiger partial charge >= 0.3 is 47.9 Å². The van der Waals surface area contributed by atoms with Crippen LogP contribution >= 0.6 is 0 Å². The molecule has 0 aromatic rings. The van der Waals surface area contributed by atoms with Crippen molar-refractivity contribution in [1.29, 1.82) is 0 Å². The van der Waals surface area contributed by atoms with E-state index in [2.05, 4.69) is 13.8 Å². The largest absolute Gasteiger partial charge is 0.467 e. The van der Waals surface area contributed by atoms with Gasteiger partial charge in [0.2, 0.25) is 12.6 Å². The molecule has 4 fully saturated rings. The summed E-state index contributed by atoms with van der Waals surface area (Å²) in [6, 6.07) is 0. The summed E-state index contributed by atoms with van der Waals surface area (Å²) >= 11 is 0. The summed E-state index contributed by atoms with van der Waals surface area (Å²) < 4.78 is 73.2. The van der Waals surface area contributed by atoms with E-state index < -0.39 is 116 Å². The van der Waals surface area contributed by atoms with Gasteiger partial charge in [-0.2, -0.15) is 9.59 Å². The van der Waals surface area contributed by atoms with E-state index in [-0.39, 0.29) is 66.9 Å². The molecule has 4 aliphatic heterocycles. The van der Waals surface area contributed by atoms with Gasteiger partial charge in [0.25, 0.3) is 0 Å². The van der Waals surface area contributed by atoms with Crippen LogP contribution in [0, 0.1) is 47.3 Å². The van der Waals surface area contributed by atoms with Gasteiger partial charge in [0, 0.05) is 59.3 Å². The van der Waals surface area contributed by atoms with Crippen molar-refractivity contribution in [2.75, 3.05) is 20.3 Å². The van der Waals surface area contributed by atoms with Crippen LogP contribution in [0.1, 0.15) is 104 Å². The smallest absolute Gasteiger partial charge is 0.373 e. The van der Waals surface area contributed by atoms with Gasteiger partial charge in [-0.3, -0.25) is 28.8 Å². The summed E-state index contributed by atoms with van der Waals surface area (Å²) in [6.45, 7) is 25.4. The minimum Gasteiger partial charge on any atom is -0.467 e. The Bertz CT molecular complexity index is 1730. The Balaban J connectivity index is 0.000000443. The number of esters is 7. The summed E-state index contributed by atoms with van der Waals surface area (Å²) in [5, 5.41) is 0. The fraction of sp³-hybridized carbons (Fsp3) is 0.826. The molecule has 68 heavy (non-hydrogen) atoms. The van der Waals surface area contributed by atoms with E-state index in [0.29, 0.717) is 0 Å². The van der Waals surface area contributed by atoms with E-state index in [9.17, 15) is 33.6 Å². The van der Waals surface area contributed by atoms with E-state index in [1.165, 1.54) is 48.7 Å². The number of carbonyl (C=O) groups excluding carboxylic acids is 9. The highest BCUT2D eigenvalue weighted by Gasteiger charge is 2.54. The van der Waals surface area contributed by atoms with Crippen molar-refractivity contribution in [3.8, 4) is 0 Å². The second-order valence-electron chi connectivity index (χ2n) is 17.9. The molecule has 22 nitrogen and oxygen atoms in total. The van der Waals surface area contributed by atoms with Crippen LogP contribution in [-0.4, -0.2) is 142 Å². The van der Waals surface area contributed by atoms with E-state index in [4.69, 9.17) is 71.2 Å². The number of hydrogen-bond donors (Lipinski definition) is 0. The van der Waals surface area contributed by atoms with Crippen LogP contribution in [0.15, 0.2) is 0 Å². The standard InChI is InChI=1S/C23H36O11.C22H36O9.CO2/c1-10-11(2)17(9-29-14(5)24)32-22(12(10)3)33-18-13(4)19(30-15(6)25)23(31-16(7)26)34-20(18)21(27)28-8;1-10-11(2)18(9-26-15(6)23)30-21(12(10)3)31-20-14(5)27-22(29-17(8)25)13(4)19(20)28-16(7)24;2-1-3/h10-13,17-20,22-23H,9H2,1-8H3;10-14,18-22H,9H2,1-8H3;/t10-,11-,12?,13-,17?,18-,19?,20?,22+,23+;10-,11-,12?,13?,14?,18?,19-,20+,21-,22-;/m00./s1. The predicted octanol–water partition coefficient (Wildman–Crippen LogP) is 3.46. The predicted molar refractivity (Wildman–Crippen MR) is 228 cm³/mol. The summed E-state index contributed by atoms with van der Waals surface area (Å²) in [5.41, 5.74) is 0. The Kier molecular flexibility index (Phi) is 24.2. The molecular formula is C46H72O22. The third-order valence-corrected chi connectivity index (χ3v) is 13.0. The third-order valence-electron chi connectivity index (χ3n) is 13.0. The van der Waals surface area contributed by atoms with Crippen molar-refractivity contribution in [3.05, 3.63) is 0 Å². The van der Waals surface area contributed by atoms with E-state index in [1.54, 1.807) is 20.8 Å². The van der Waals surface area contributed by atoms with Crippen LogP contribution in [0.5, 0.6) is 0 Å². The van der Waals surface area contributed by atoms with Crippen LogP contribution in [0.2, 0.25) is 0 Å². The summed E-state index contributed by atoms with van der Waals surface area (Å²) in [5.74, 6) is -4.28. The Morgan fingerprint density at radius 1 is 0.412 bits per heavy atom. The first-order valence-corrected chi connectivity index (χ1v) is 22.7. The Hall–Kier alpha value is -4.57. The number of hydrogen-bond acceptors (Lipinski definition) is 22. The minimum absolute atomic E-state index is 0.0373. The van der Waals surface area contributed by atoms with Gasteiger partial charge in [-0.05, 0) is 30.6 Å². The second-order valence-corrected chi connectivity index (χ2v) is 17.9. The highest BCUT2D eigenvalue weighted by atomic mass is 16.8. The number of rotatable bonds is 13. The van der Waals surface area contributed by atoms with Crippen molar-refractivity contribution in [1.82, 2.24) is 0 Å². The SMILES string of the molecule is CC(=O)OCC1O[C@@H](O[C@@H]2C(C)O[C@@H](OC(C)=O)C(C)[C@@H]2OC(C)=O)C(C)[C@@H](C)[C@@H]1C.COC(=O)C1O[C@@H](OC(C)=O)C(OC(C)=O)[C@@H](C)[C@@H]1O[C@H]1OC(COC(C)=O)[C@@H](C)[C@H](C)C1C.O=C=O. The third kappa shape index (κ3) is 16.8. The molecule has 0 amide bonds. The molecule has 8 unspecified atom stereocenters. The van der Waals surface area contributed by atoms with Crippen LogP contribution in [0.25, 0.3) is 0 Å². The van der Waals surface area contributed by atoms with Crippen LogP contribution in [0.4, 0.5) is 0 Å². The van der Waals surface area contributed by atoms with E-state index in [1.807, 2.05) is 27.7 Å². The van der Waals surface area contributed by atoms with Gasteiger partial charge in [-0.25, -0.2) is 4.79 Å².